The molecule has 5 heteroatoms. The average Bonchev–Trinajstić information content (AvgIpc) is 2.49. The summed E-state index contributed by atoms with van der Waals surface area (Å²) in [6.07, 6.45) is 2.73. The van der Waals surface area contributed by atoms with Gasteiger partial charge in [-0.15, -0.1) is 5.10 Å². The summed E-state index contributed by atoms with van der Waals surface area (Å²) in [5.74, 6) is -0.604. The number of carboxylic acids is 1. The molecular weight excluding hydrogens is 170 g/mol. The summed E-state index contributed by atoms with van der Waals surface area (Å²) < 4.78 is 0. The maximum Gasteiger partial charge on any atom is 0.311 e. The van der Waals surface area contributed by atoms with E-state index < -0.39 is 5.97 Å². The molecule has 2 rings (SSSR count). The number of fused-ring (bicyclic) bond motifs is 1. The fourth-order valence-electron chi connectivity index (χ4n) is 1.45. The number of aromatic nitrogens is 3. The lowest BCUT2D eigenvalue weighted by atomic mass is 10.3. The molecule has 0 radical (unpaired) electrons. The predicted molar refractivity (Wildman–Crippen MR) is 43.2 cm³/mol. The topological polar surface area (TPSA) is 76.0 Å². The number of hydrogen-bond acceptors (Lipinski definition) is 4. The first-order valence-electron chi connectivity index (χ1n) is 4.19. The standard InChI is InChI=1S/C8H9N3O2/c12-8(13)4-7-9-5-2-1-3-6(5)10-11-7/h1-4H2,(H,12,13). The van der Waals surface area contributed by atoms with Gasteiger partial charge in [0.05, 0.1) is 11.4 Å². The van der Waals surface area contributed by atoms with Gasteiger partial charge in [0.1, 0.15) is 6.42 Å². The molecule has 0 aromatic carbocycles. The lowest BCUT2D eigenvalue weighted by Crippen LogP contribution is -2.08. The highest BCUT2D eigenvalue weighted by molar-refractivity contribution is 5.68. The lowest BCUT2D eigenvalue weighted by Gasteiger charge is -1.98. The zero-order valence-corrected chi connectivity index (χ0v) is 7.03. The molecule has 0 saturated carbocycles. The molecule has 1 aromatic rings. The van der Waals surface area contributed by atoms with Gasteiger partial charge in [0.15, 0.2) is 5.82 Å². The minimum absolute atomic E-state index is 0.139. The van der Waals surface area contributed by atoms with Gasteiger partial charge in [-0.2, -0.15) is 5.10 Å². The molecule has 13 heavy (non-hydrogen) atoms. The Hall–Kier alpha value is -1.52. The molecule has 1 heterocycles. The predicted octanol–water partition coefficient (Wildman–Crippen LogP) is -0.0126. The van der Waals surface area contributed by atoms with Crippen LogP contribution in [0.3, 0.4) is 0 Å². The summed E-state index contributed by atoms with van der Waals surface area (Å²) in [7, 11) is 0. The Morgan fingerprint density at radius 2 is 2.08 bits per heavy atom. The van der Waals surface area contributed by atoms with Crippen LogP contribution in [0.1, 0.15) is 23.6 Å². The third-order valence-corrected chi connectivity index (χ3v) is 2.02. The molecule has 0 spiro atoms. The van der Waals surface area contributed by atoms with Crippen molar-refractivity contribution in [2.75, 3.05) is 0 Å². The Kier molecular flexibility index (Phi) is 1.92. The summed E-state index contributed by atoms with van der Waals surface area (Å²) in [6.45, 7) is 0. The van der Waals surface area contributed by atoms with Crippen LogP contribution in [0.5, 0.6) is 0 Å². The van der Waals surface area contributed by atoms with E-state index in [1.165, 1.54) is 0 Å². The molecule has 0 amide bonds. The third kappa shape index (κ3) is 1.63. The fraction of sp³-hybridized carbons (Fsp3) is 0.500. The second-order valence-electron chi connectivity index (χ2n) is 3.05. The first-order valence-corrected chi connectivity index (χ1v) is 4.19. The quantitative estimate of drug-likeness (QED) is 0.690. The van der Waals surface area contributed by atoms with E-state index in [-0.39, 0.29) is 6.42 Å². The van der Waals surface area contributed by atoms with E-state index in [0.29, 0.717) is 5.82 Å². The summed E-state index contributed by atoms with van der Waals surface area (Å²) in [5, 5.41) is 16.2. The molecule has 0 fully saturated rings. The Bertz CT molecular complexity index is 351. The maximum atomic E-state index is 10.4. The van der Waals surface area contributed by atoms with E-state index in [2.05, 4.69) is 15.2 Å². The largest absolute Gasteiger partial charge is 0.481 e. The van der Waals surface area contributed by atoms with E-state index in [0.717, 1.165) is 30.7 Å². The number of rotatable bonds is 2. The fourth-order valence-corrected chi connectivity index (χ4v) is 1.45. The number of aryl methyl sites for hydroxylation is 2. The summed E-state index contributed by atoms with van der Waals surface area (Å²) in [5.41, 5.74) is 1.85. The summed E-state index contributed by atoms with van der Waals surface area (Å²) in [4.78, 5) is 14.5. The molecule has 1 aliphatic carbocycles. The second kappa shape index (κ2) is 3.08. The molecule has 1 aliphatic rings. The minimum atomic E-state index is -0.917. The van der Waals surface area contributed by atoms with Crippen molar-refractivity contribution in [1.29, 1.82) is 0 Å². The minimum Gasteiger partial charge on any atom is -0.481 e. The molecule has 68 valence electrons. The van der Waals surface area contributed by atoms with Crippen molar-refractivity contribution in [1.82, 2.24) is 15.2 Å². The molecule has 0 saturated heterocycles. The zero-order chi connectivity index (χ0) is 9.26. The van der Waals surface area contributed by atoms with Crippen LogP contribution in [-0.2, 0) is 24.1 Å². The molecule has 5 nitrogen and oxygen atoms in total. The van der Waals surface area contributed by atoms with Gasteiger partial charge in [-0.25, -0.2) is 4.98 Å². The molecule has 1 aromatic heterocycles. The lowest BCUT2D eigenvalue weighted by molar-refractivity contribution is -0.136. The van der Waals surface area contributed by atoms with Crippen LogP contribution >= 0.6 is 0 Å². The number of carbonyl (C=O) groups is 1. The van der Waals surface area contributed by atoms with Gasteiger partial charge >= 0.3 is 5.97 Å². The van der Waals surface area contributed by atoms with Gasteiger partial charge < -0.3 is 5.11 Å². The van der Waals surface area contributed by atoms with Crippen molar-refractivity contribution < 1.29 is 9.90 Å². The van der Waals surface area contributed by atoms with Crippen LogP contribution in [0.15, 0.2) is 0 Å². The Balaban J connectivity index is 2.25. The SMILES string of the molecule is O=C(O)Cc1nnc2c(n1)CCC2. The average molecular weight is 179 g/mol. The summed E-state index contributed by atoms with van der Waals surface area (Å²) in [6, 6.07) is 0. The maximum absolute atomic E-state index is 10.4. The first kappa shape index (κ1) is 8.10. The van der Waals surface area contributed by atoms with Gasteiger partial charge in [-0.1, -0.05) is 0 Å². The van der Waals surface area contributed by atoms with Crippen molar-refractivity contribution in [2.24, 2.45) is 0 Å². The highest BCUT2D eigenvalue weighted by atomic mass is 16.4. The van der Waals surface area contributed by atoms with Crippen LogP contribution in [-0.4, -0.2) is 26.3 Å². The first-order chi connectivity index (χ1) is 6.25. The van der Waals surface area contributed by atoms with Gasteiger partial charge in [-0.05, 0) is 19.3 Å². The van der Waals surface area contributed by atoms with E-state index in [9.17, 15) is 4.79 Å². The summed E-state index contributed by atoms with van der Waals surface area (Å²) >= 11 is 0. The van der Waals surface area contributed by atoms with Gasteiger partial charge in [0, 0.05) is 0 Å². The number of nitrogens with zero attached hydrogens (tertiary/aromatic N) is 3. The van der Waals surface area contributed by atoms with Crippen molar-refractivity contribution in [3.63, 3.8) is 0 Å². The molecule has 0 atom stereocenters. The van der Waals surface area contributed by atoms with E-state index >= 15 is 0 Å². The van der Waals surface area contributed by atoms with E-state index in [1.807, 2.05) is 0 Å². The Labute approximate surface area is 74.8 Å². The van der Waals surface area contributed by atoms with Gasteiger partial charge in [0.25, 0.3) is 0 Å². The second-order valence-corrected chi connectivity index (χ2v) is 3.05. The van der Waals surface area contributed by atoms with Crippen LogP contribution < -0.4 is 0 Å². The number of aliphatic carboxylic acids is 1. The smallest absolute Gasteiger partial charge is 0.311 e. The third-order valence-electron chi connectivity index (χ3n) is 2.02. The van der Waals surface area contributed by atoms with Crippen LogP contribution in [0.25, 0.3) is 0 Å². The van der Waals surface area contributed by atoms with Crippen molar-refractivity contribution in [3.05, 3.63) is 17.2 Å². The van der Waals surface area contributed by atoms with Crippen LogP contribution in [0.2, 0.25) is 0 Å². The number of hydrogen-bond donors (Lipinski definition) is 1. The van der Waals surface area contributed by atoms with Gasteiger partial charge in [-0.3, -0.25) is 4.79 Å². The number of carboxylic acid groups (broad SMARTS) is 1. The molecule has 0 aliphatic heterocycles. The van der Waals surface area contributed by atoms with Gasteiger partial charge in [0.2, 0.25) is 0 Å². The van der Waals surface area contributed by atoms with Crippen molar-refractivity contribution in [3.8, 4) is 0 Å². The Morgan fingerprint density at radius 1 is 1.31 bits per heavy atom. The molecule has 0 unspecified atom stereocenters. The Morgan fingerprint density at radius 3 is 2.85 bits per heavy atom. The zero-order valence-electron chi connectivity index (χ0n) is 7.03. The molecular formula is C8H9N3O2. The van der Waals surface area contributed by atoms with Crippen molar-refractivity contribution in [2.45, 2.75) is 25.7 Å². The van der Waals surface area contributed by atoms with Crippen LogP contribution in [0, 0.1) is 0 Å². The normalized spacial score (nSPS) is 14.2. The highest BCUT2D eigenvalue weighted by Gasteiger charge is 2.15. The van der Waals surface area contributed by atoms with Crippen LogP contribution in [0.4, 0.5) is 0 Å². The van der Waals surface area contributed by atoms with Crippen molar-refractivity contribution >= 4 is 5.97 Å². The molecule has 1 N–H and O–H groups in total. The van der Waals surface area contributed by atoms with E-state index in [1.54, 1.807) is 0 Å². The molecule has 0 bridgehead atoms. The highest BCUT2D eigenvalue weighted by Crippen LogP contribution is 2.16. The van der Waals surface area contributed by atoms with E-state index in [4.69, 9.17) is 5.11 Å². The monoisotopic (exact) mass is 179 g/mol.